The maximum Gasteiger partial charge on any atom is 0.200 e. The van der Waals surface area contributed by atoms with Crippen molar-refractivity contribution in [3.8, 4) is 17.2 Å². The first-order valence-electron chi connectivity index (χ1n) is 10.8. The van der Waals surface area contributed by atoms with Crippen LogP contribution in [0.5, 0.6) is 17.2 Å². The van der Waals surface area contributed by atoms with E-state index in [4.69, 9.17) is 4.74 Å². The van der Waals surface area contributed by atoms with Gasteiger partial charge in [0.15, 0.2) is 11.5 Å². The van der Waals surface area contributed by atoms with E-state index < -0.39 is 0 Å². The molecule has 0 bridgehead atoms. The van der Waals surface area contributed by atoms with Crippen LogP contribution < -0.4 is 4.74 Å². The normalized spacial score (nSPS) is 11.7. The molecule has 0 fully saturated rings. The molecule has 3 nitrogen and oxygen atoms in total. The number of phenols is 2. The van der Waals surface area contributed by atoms with Crippen LogP contribution in [0.1, 0.15) is 104 Å². The van der Waals surface area contributed by atoms with Crippen LogP contribution in [-0.4, -0.2) is 15.8 Å². The van der Waals surface area contributed by atoms with Crippen molar-refractivity contribution in [1.29, 1.82) is 0 Å². The second-order valence-corrected chi connectivity index (χ2v) is 7.63. The van der Waals surface area contributed by atoms with Gasteiger partial charge in [-0.05, 0) is 50.7 Å². The molecule has 150 valence electrons. The minimum atomic E-state index is -0.233. The molecule has 0 aliphatic carbocycles. The third-order valence-electron chi connectivity index (χ3n) is 5.26. The fourth-order valence-electron chi connectivity index (χ4n) is 3.60. The Kier molecular flexibility index (Phi) is 11.2. The Labute approximate surface area is 160 Å². The highest BCUT2D eigenvalue weighted by molar-refractivity contribution is 5.49. The average molecular weight is 365 g/mol. The Hall–Kier alpha value is -1.38. The summed E-state index contributed by atoms with van der Waals surface area (Å²) in [6.07, 6.45) is 15.1. The number of rotatable bonds is 15. The molecular weight excluding hydrogens is 324 g/mol. The zero-order valence-electron chi connectivity index (χ0n) is 17.2. The van der Waals surface area contributed by atoms with Crippen LogP contribution in [0.4, 0.5) is 0 Å². The molecule has 0 spiro atoms. The van der Waals surface area contributed by atoms with Gasteiger partial charge < -0.3 is 14.9 Å². The van der Waals surface area contributed by atoms with Gasteiger partial charge in [-0.15, -0.1) is 0 Å². The van der Waals surface area contributed by atoms with Crippen molar-refractivity contribution in [1.82, 2.24) is 0 Å². The van der Waals surface area contributed by atoms with Gasteiger partial charge in [-0.3, -0.25) is 0 Å². The van der Waals surface area contributed by atoms with Crippen LogP contribution in [0, 0.1) is 0 Å². The monoisotopic (exact) mass is 364 g/mol. The summed E-state index contributed by atoms with van der Waals surface area (Å²) in [6, 6.07) is 5.01. The molecule has 1 aromatic rings. The van der Waals surface area contributed by atoms with Crippen molar-refractivity contribution in [3.63, 3.8) is 0 Å². The Balaban J connectivity index is 2.93. The maximum atomic E-state index is 10.2. The van der Waals surface area contributed by atoms with E-state index in [0.29, 0.717) is 5.75 Å². The summed E-state index contributed by atoms with van der Waals surface area (Å²) >= 11 is 0. The van der Waals surface area contributed by atoms with Crippen molar-refractivity contribution in [3.05, 3.63) is 18.2 Å². The lowest BCUT2D eigenvalue weighted by Gasteiger charge is -2.35. The van der Waals surface area contributed by atoms with Crippen LogP contribution in [0.15, 0.2) is 18.2 Å². The average Bonchev–Trinajstić information content (AvgIpc) is 2.64. The van der Waals surface area contributed by atoms with Crippen LogP contribution in [0.2, 0.25) is 0 Å². The minimum Gasteiger partial charge on any atom is -0.504 e. The highest BCUT2D eigenvalue weighted by atomic mass is 16.5. The standard InChI is InChI=1S/C23H40O3/c1-4-7-10-12-18-23(17-9-6-3,19-13-11-8-5-2)26-21-16-14-15-20(24)22(21)25/h14-16,24-25H,4-13,17-19H2,1-3H3. The van der Waals surface area contributed by atoms with E-state index in [9.17, 15) is 10.2 Å². The number of benzene rings is 1. The van der Waals surface area contributed by atoms with Crippen LogP contribution in [-0.2, 0) is 0 Å². The molecular formula is C23H40O3. The van der Waals surface area contributed by atoms with Crippen molar-refractivity contribution in [2.24, 2.45) is 0 Å². The van der Waals surface area contributed by atoms with Gasteiger partial charge in [0, 0.05) is 0 Å². The van der Waals surface area contributed by atoms with Crippen LogP contribution >= 0.6 is 0 Å². The Morgan fingerprint density at radius 3 is 1.81 bits per heavy atom. The lowest BCUT2D eigenvalue weighted by Crippen LogP contribution is -2.36. The van der Waals surface area contributed by atoms with Crippen molar-refractivity contribution >= 4 is 0 Å². The first kappa shape index (κ1) is 22.7. The summed E-state index contributed by atoms with van der Waals surface area (Å²) in [5, 5.41) is 20.1. The summed E-state index contributed by atoms with van der Waals surface area (Å²) in [6.45, 7) is 6.68. The maximum absolute atomic E-state index is 10.2. The van der Waals surface area contributed by atoms with E-state index in [1.165, 1.54) is 44.6 Å². The highest BCUT2D eigenvalue weighted by Crippen LogP contribution is 2.40. The second kappa shape index (κ2) is 12.9. The Morgan fingerprint density at radius 1 is 0.731 bits per heavy atom. The first-order valence-corrected chi connectivity index (χ1v) is 10.8. The van der Waals surface area contributed by atoms with Gasteiger partial charge in [0.2, 0.25) is 5.75 Å². The van der Waals surface area contributed by atoms with Gasteiger partial charge in [0.05, 0.1) is 0 Å². The number of para-hydroxylation sites is 1. The smallest absolute Gasteiger partial charge is 0.200 e. The van der Waals surface area contributed by atoms with Gasteiger partial charge in [-0.25, -0.2) is 0 Å². The highest BCUT2D eigenvalue weighted by Gasteiger charge is 2.32. The molecule has 0 atom stereocenters. The molecule has 2 N–H and O–H groups in total. The molecule has 0 aliphatic heterocycles. The minimum absolute atomic E-state index is 0.108. The molecule has 0 saturated carbocycles. The number of unbranched alkanes of at least 4 members (excludes halogenated alkanes) is 7. The molecule has 0 unspecified atom stereocenters. The Bertz CT molecular complexity index is 472. The zero-order valence-corrected chi connectivity index (χ0v) is 17.2. The number of ether oxygens (including phenoxy) is 1. The fraction of sp³-hybridized carbons (Fsp3) is 0.739. The molecule has 0 aliphatic rings. The van der Waals surface area contributed by atoms with E-state index in [0.717, 1.165) is 44.9 Å². The van der Waals surface area contributed by atoms with Crippen LogP contribution in [0.3, 0.4) is 0 Å². The lowest BCUT2D eigenvalue weighted by molar-refractivity contribution is 0.0310. The van der Waals surface area contributed by atoms with E-state index in [1.54, 1.807) is 12.1 Å². The van der Waals surface area contributed by atoms with Crippen molar-refractivity contribution in [2.45, 2.75) is 110 Å². The molecule has 0 heterocycles. The van der Waals surface area contributed by atoms with Gasteiger partial charge >= 0.3 is 0 Å². The summed E-state index contributed by atoms with van der Waals surface area (Å²) in [7, 11) is 0. The molecule has 0 saturated heterocycles. The predicted molar refractivity (Wildman–Crippen MR) is 110 cm³/mol. The summed E-state index contributed by atoms with van der Waals surface area (Å²) < 4.78 is 6.47. The molecule has 0 radical (unpaired) electrons. The third-order valence-corrected chi connectivity index (χ3v) is 5.26. The number of phenolic OH excluding ortho intramolecular Hbond substituents is 2. The third kappa shape index (κ3) is 7.88. The quantitative estimate of drug-likeness (QED) is 0.253. The van der Waals surface area contributed by atoms with Crippen molar-refractivity contribution < 1.29 is 14.9 Å². The van der Waals surface area contributed by atoms with Crippen molar-refractivity contribution in [2.75, 3.05) is 0 Å². The van der Waals surface area contributed by atoms with E-state index in [1.807, 2.05) is 0 Å². The molecule has 3 heteroatoms. The number of hydrogen-bond acceptors (Lipinski definition) is 3. The summed E-state index contributed by atoms with van der Waals surface area (Å²) in [5.41, 5.74) is -0.233. The number of aromatic hydroxyl groups is 2. The molecule has 1 aromatic carbocycles. The topological polar surface area (TPSA) is 49.7 Å². The van der Waals surface area contributed by atoms with E-state index in [-0.39, 0.29) is 17.1 Å². The SMILES string of the molecule is CCCCCCC(CCCC)(CCCCCC)Oc1cccc(O)c1O. The predicted octanol–water partition coefficient (Wildman–Crippen LogP) is 7.35. The summed E-state index contributed by atoms with van der Waals surface area (Å²) in [4.78, 5) is 0. The zero-order chi connectivity index (χ0) is 19.3. The first-order chi connectivity index (χ1) is 12.6. The molecule has 1 rings (SSSR count). The lowest BCUT2D eigenvalue weighted by atomic mass is 9.85. The number of hydrogen-bond donors (Lipinski definition) is 2. The fourth-order valence-corrected chi connectivity index (χ4v) is 3.60. The van der Waals surface area contributed by atoms with E-state index >= 15 is 0 Å². The van der Waals surface area contributed by atoms with Gasteiger partial charge in [-0.1, -0.05) is 71.8 Å². The van der Waals surface area contributed by atoms with E-state index in [2.05, 4.69) is 20.8 Å². The van der Waals surface area contributed by atoms with Gasteiger partial charge in [0.1, 0.15) is 5.60 Å². The summed E-state index contributed by atoms with van der Waals surface area (Å²) in [5.74, 6) is 0.187. The molecule has 26 heavy (non-hydrogen) atoms. The van der Waals surface area contributed by atoms with Gasteiger partial charge in [0.25, 0.3) is 0 Å². The van der Waals surface area contributed by atoms with Crippen LogP contribution in [0.25, 0.3) is 0 Å². The second-order valence-electron chi connectivity index (χ2n) is 7.63. The Morgan fingerprint density at radius 2 is 1.27 bits per heavy atom. The van der Waals surface area contributed by atoms with Gasteiger partial charge in [-0.2, -0.15) is 0 Å². The molecule has 0 aromatic heterocycles. The largest absolute Gasteiger partial charge is 0.504 e. The molecule has 0 amide bonds.